The molecule has 0 spiro atoms. The highest BCUT2D eigenvalue weighted by atomic mass is 19.1. The molecule has 0 fully saturated rings. The highest BCUT2D eigenvalue weighted by molar-refractivity contribution is 5.20. The molecule has 0 amide bonds. The molecule has 1 rings (SSSR count). The molecule has 0 aliphatic rings. The van der Waals surface area contributed by atoms with Crippen LogP contribution in [0.4, 0.5) is 8.78 Å². The standard InChI is InChI=1S/C14H21F2N/c1-4-11(10(3)17-5-2)9-12-13(15)7-6-8-14(12)16/h6-8,10-11,17H,4-5,9H2,1-3H3. The van der Waals surface area contributed by atoms with Gasteiger partial charge in [-0.05, 0) is 37.9 Å². The molecule has 1 nitrogen and oxygen atoms in total. The van der Waals surface area contributed by atoms with Crippen LogP contribution >= 0.6 is 0 Å². The first-order chi connectivity index (χ1) is 8.10. The molecule has 1 N–H and O–H groups in total. The quantitative estimate of drug-likeness (QED) is 0.803. The second-order valence-corrected chi connectivity index (χ2v) is 4.42. The maximum absolute atomic E-state index is 13.5. The van der Waals surface area contributed by atoms with Gasteiger partial charge in [-0.15, -0.1) is 0 Å². The van der Waals surface area contributed by atoms with Crippen molar-refractivity contribution >= 4 is 0 Å². The molecule has 0 saturated heterocycles. The van der Waals surface area contributed by atoms with Gasteiger partial charge >= 0.3 is 0 Å². The lowest BCUT2D eigenvalue weighted by molar-refractivity contribution is 0.358. The van der Waals surface area contributed by atoms with Crippen LogP contribution in [0.3, 0.4) is 0 Å². The molecule has 0 bridgehead atoms. The zero-order valence-corrected chi connectivity index (χ0v) is 10.8. The Bertz CT molecular complexity index is 332. The summed E-state index contributed by atoms with van der Waals surface area (Å²) >= 11 is 0. The molecular weight excluding hydrogens is 220 g/mol. The van der Waals surface area contributed by atoms with Gasteiger partial charge in [0.2, 0.25) is 0 Å². The van der Waals surface area contributed by atoms with Gasteiger partial charge in [0.1, 0.15) is 11.6 Å². The van der Waals surface area contributed by atoms with Crippen LogP contribution < -0.4 is 5.32 Å². The van der Waals surface area contributed by atoms with Crippen molar-refractivity contribution in [2.24, 2.45) is 5.92 Å². The average molecular weight is 241 g/mol. The fraction of sp³-hybridized carbons (Fsp3) is 0.571. The highest BCUT2D eigenvalue weighted by Gasteiger charge is 2.19. The second kappa shape index (κ2) is 6.70. The van der Waals surface area contributed by atoms with Crippen molar-refractivity contribution in [2.45, 2.75) is 39.7 Å². The molecule has 1 aromatic carbocycles. The number of halogens is 2. The third-order valence-electron chi connectivity index (χ3n) is 3.29. The molecule has 0 heterocycles. The molecule has 3 heteroatoms. The van der Waals surface area contributed by atoms with Gasteiger partial charge in [0.05, 0.1) is 0 Å². The first-order valence-corrected chi connectivity index (χ1v) is 6.26. The zero-order chi connectivity index (χ0) is 12.8. The second-order valence-electron chi connectivity index (χ2n) is 4.42. The third kappa shape index (κ3) is 3.77. The zero-order valence-electron chi connectivity index (χ0n) is 10.8. The van der Waals surface area contributed by atoms with Crippen LogP contribution in [0.25, 0.3) is 0 Å². The summed E-state index contributed by atoms with van der Waals surface area (Å²) in [7, 11) is 0. The van der Waals surface area contributed by atoms with Crippen LogP contribution in [-0.2, 0) is 6.42 Å². The molecule has 2 atom stereocenters. The molecule has 1 aromatic rings. The summed E-state index contributed by atoms with van der Waals surface area (Å²) in [4.78, 5) is 0. The normalized spacial score (nSPS) is 14.6. The maximum Gasteiger partial charge on any atom is 0.129 e. The number of nitrogens with one attached hydrogen (secondary N) is 1. The van der Waals surface area contributed by atoms with Crippen LogP contribution in [0.15, 0.2) is 18.2 Å². The average Bonchev–Trinajstić information content (AvgIpc) is 2.29. The number of benzene rings is 1. The summed E-state index contributed by atoms with van der Waals surface area (Å²) < 4.78 is 27.1. The molecule has 0 aliphatic carbocycles. The van der Waals surface area contributed by atoms with Gasteiger partial charge in [-0.3, -0.25) is 0 Å². The van der Waals surface area contributed by atoms with E-state index < -0.39 is 11.6 Å². The van der Waals surface area contributed by atoms with Crippen LogP contribution in [0.2, 0.25) is 0 Å². The maximum atomic E-state index is 13.5. The largest absolute Gasteiger partial charge is 0.314 e. The molecule has 17 heavy (non-hydrogen) atoms. The van der Waals surface area contributed by atoms with E-state index in [9.17, 15) is 8.78 Å². The highest BCUT2D eigenvalue weighted by Crippen LogP contribution is 2.20. The fourth-order valence-electron chi connectivity index (χ4n) is 2.15. The molecule has 96 valence electrons. The fourth-order valence-corrected chi connectivity index (χ4v) is 2.15. The Kier molecular flexibility index (Phi) is 5.56. The molecule has 0 saturated carbocycles. The van der Waals surface area contributed by atoms with Gasteiger partial charge in [-0.1, -0.05) is 26.3 Å². The predicted octanol–water partition coefficient (Wildman–Crippen LogP) is 3.53. The Balaban J connectivity index is 2.80. The van der Waals surface area contributed by atoms with E-state index in [2.05, 4.69) is 19.2 Å². The van der Waals surface area contributed by atoms with Gasteiger partial charge in [-0.2, -0.15) is 0 Å². The molecule has 0 radical (unpaired) electrons. The lowest BCUT2D eigenvalue weighted by Gasteiger charge is -2.23. The lowest BCUT2D eigenvalue weighted by atomic mass is 9.90. The molecule has 0 aromatic heterocycles. The minimum absolute atomic E-state index is 0.212. The summed E-state index contributed by atoms with van der Waals surface area (Å²) in [6.45, 7) is 7.03. The van der Waals surface area contributed by atoms with Crippen molar-refractivity contribution in [1.29, 1.82) is 0 Å². The summed E-state index contributed by atoms with van der Waals surface area (Å²) in [5, 5.41) is 3.31. The third-order valence-corrected chi connectivity index (χ3v) is 3.29. The first-order valence-electron chi connectivity index (χ1n) is 6.26. The SMILES string of the molecule is CCNC(C)C(CC)Cc1c(F)cccc1F. The molecular formula is C14H21F2N. The molecule has 0 aliphatic heterocycles. The van der Waals surface area contributed by atoms with Gasteiger partial charge in [0.15, 0.2) is 0 Å². The van der Waals surface area contributed by atoms with E-state index in [4.69, 9.17) is 0 Å². The Labute approximate surface area is 102 Å². The minimum Gasteiger partial charge on any atom is -0.314 e. The van der Waals surface area contributed by atoms with Gasteiger partial charge < -0.3 is 5.32 Å². The van der Waals surface area contributed by atoms with Crippen molar-refractivity contribution in [3.8, 4) is 0 Å². The van der Waals surface area contributed by atoms with Gasteiger partial charge in [0, 0.05) is 11.6 Å². The predicted molar refractivity (Wildman–Crippen MR) is 67.0 cm³/mol. The smallest absolute Gasteiger partial charge is 0.129 e. The number of hydrogen-bond acceptors (Lipinski definition) is 1. The topological polar surface area (TPSA) is 12.0 Å². The van der Waals surface area contributed by atoms with Crippen molar-refractivity contribution in [2.75, 3.05) is 6.54 Å². The van der Waals surface area contributed by atoms with Crippen molar-refractivity contribution < 1.29 is 8.78 Å². The minimum atomic E-state index is -0.438. The van der Waals surface area contributed by atoms with E-state index in [1.807, 2.05) is 6.92 Å². The van der Waals surface area contributed by atoms with Crippen molar-refractivity contribution in [3.63, 3.8) is 0 Å². The Morgan fingerprint density at radius 1 is 1.18 bits per heavy atom. The van der Waals surface area contributed by atoms with E-state index in [0.717, 1.165) is 13.0 Å². The van der Waals surface area contributed by atoms with Crippen LogP contribution in [0.1, 0.15) is 32.8 Å². The van der Waals surface area contributed by atoms with Gasteiger partial charge in [0.25, 0.3) is 0 Å². The summed E-state index contributed by atoms with van der Waals surface area (Å²) in [6.07, 6.45) is 1.35. The van der Waals surface area contributed by atoms with Crippen LogP contribution in [-0.4, -0.2) is 12.6 Å². The molecule has 2 unspecified atom stereocenters. The van der Waals surface area contributed by atoms with Gasteiger partial charge in [-0.25, -0.2) is 8.78 Å². The van der Waals surface area contributed by atoms with E-state index in [-0.39, 0.29) is 17.5 Å². The Hall–Kier alpha value is -0.960. The van der Waals surface area contributed by atoms with Crippen LogP contribution in [0, 0.1) is 17.6 Å². The number of hydrogen-bond donors (Lipinski definition) is 1. The summed E-state index contributed by atoms with van der Waals surface area (Å²) in [5.74, 6) is -0.624. The summed E-state index contributed by atoms with van der Waals surface area (Å²) in [6, 6.07) is 4.32. The monoisotopic (exact) mass is 241 g/mol. The van der Waals surface area contributed by atoms with Crippen LogP contribution in [0.5, 0.6) is 0 Å². The van der Waals surface area contributed by atoms with E-state index in [0.29, 0.717) is 6.42 Å². The Morgan fingerprint density at radius 3 is 2.24 bits per heavy atom. The van der Waals surface area contributed by atoms with E-state index >= 15 is 0 Å². The first kappa shape index (κ1) is 14.1. The summed E-state index contributed by atoms with van der Waals surface area (Å²) in [5.41, 5.74) is 0.212. The van der Waals surface area contributed by atoms with E-state index in [1.54, 1.807) is 0 Å². The van der Waals surface area contributed by atoms with Crippen molar-refractivity contribution in [3.05, 3.63) is 35.4 Å². The lowest BCUT2D eigenvalue weighted by Crippen LogP contribution is -2.34. The number of rotatable bonds is 6. The Morgan fingerprint density at radius 2 is 1.76 bits per heavy atom. The van der Waals surface area contributed by atoms with E-state index in [1.165, 1.54) is 18.2 Å². The van der Waals surface area contributed by atoms with Crippen molar-refractivity contribution in [1.82, 2.24) is 5.32 Å².